The molecule has 0 aliphatic carbocycles. The van der Waals surface area contributed by atoms with Crippen LogP contribution in [-0.4, -0.2) is 26.5 Å². The Morgan fingerprint density at radius 2 is 2.00 bits per heavy atom. The molecule has 0 aliphatic rings. The number of nitrogens with zero attached hydrogens (tertiary/aromatic N) is 2. The van der Waals surface area contributed by atoms with Crippen LogP contribution in [-0.2, 0) is 0 Å². The predicted octanol–water partition coefficient (Wildman–Crippen LogP) is 2.31. The first-order valence-electron chi connectivity index (χ1n) is 4.74. The van der Waals surface area contributed by atoms with Crippen molar-refractivity contribution in [1.82, 2.24) is 10.2 Å². The van der Waals surface area contributed by atoms with Crippen LogP contribution >= 0.6 is 11.8 Å². The number of hydrogen-bond donors (Lipinski definition) is 1. The van der Waals surface area contributed by atoms with E-state index in [1.165, 1.54) is 6.07 Å². The van der Waals surface area contributed by atoms with Crippen molar-refractivity contribution < 1.29 is 9.90 Å². The Labute approximate surface area is 93.1 Å². The number of carbonyl (C=O) groups is 1. The summed E-state index contributed by atoms with van der Waals surface area (Å²) in [4.78, 5) is 10.5. The zero-order valence-corrected chi connectivity index (χ0v) is 9.78. The summed E-state index contributed by atoms with van der Waals surface area (Å²) in [6, 6.07) is 3.17. The van der Waals surface area contributed by atoms with Crippen molar-refractivity contribution in [3.05, 3.63) is 17.8 Å². The number of carboxylic acids is 1. The molecule has 1 atom stereocenters. The molecule has 1 aromatic heterocycles. The van der Waals surface area contributed by atoms with E-state index in [9.17, 15) is 4.79 Å². The number of thioether (sulfide) groups is 1. The maximum absolute atomic E-state index is 10.5. The van der Waals surface area contributed by atoms with Gasteiger partial charge in [0.1, 0.15) is 5.03 Å². The van der Waals surface area contributed by atoms with E-state index in [0.717, 1.165) is 5.03 Å². The molecule has 0 amide bonds. The van der Waals surface area contributed by atoms with Gasteiger partial charge in [0.25, 0.3) is 0 Å². The number of aromatic carboxylic acids is 1. The molecule has 0 saturated carbocycles. The standard InChI is InChI=1S/C10H14N2O2S/c1-6(2)7(3)15-9-5-4-8(10(13)14)11-12-9/h4-7H,1-3H3,(H,13,14). The van der Waals surface area contributed by atoms with Gasteiger partial charge in [-0.05, 0) is 18.1 Å². The summed E-state index contributed by atoms with van der Waals surface area (Å²) in [7, 11) is 0. The van der Waals surface area contributed by atoms with Gasteiger partial charge in [0.05, 0.1) is 0 Å². The lowest BCUT2D eigenvalue weighted by molar-refractivity contribution is 0.0689. The zero-order valence-electron chi connectivity index (χ0n) is 8.97. The number of hydrogen-bond acceptors (Lipinski definition) is 4. The van der Waals surface area contributed by atoms with Crippen LogP contribution in [0.2, 0.25) is 0 Å². The minimum absolute atomic E-state index is 0.0171. The molecular formula is C10H14N2O2S. The normalized spacial score (nSPS) is 12.8. The summed E-state index contributed by atoms with van der Waals surface area (Å²) in [6.07, 6.45) is 0. The average Bonchev–Trinajstić information content (AvgIpc) is 2.18. The van der Waals surface area contributed by atoms with E-state index >= 15 is 0 Å². The fourth-order valence-corrected chi connectivity index (χ4v) is 1.71. The van der Waals surface area contributed by atoms with Crippen molar-refractivity contribution in [2.45, 2.75) is 31.0 Å². The molecule has 0 bridgehead atoms. The lowest BCUT2D eigenvalue weighted by Crippen LogP contribution is -2.07. The van der Waals surface area contributed by atoms with Crippen LogP contribution in [0.4, 0.5) is 0 Å². The minimum atomic E-state index is -1.05. The molecule has 0 aromatic carbocycles. The van der Waals surface area contributed by atoms with E-state index in [1.807, 2.05) is 0 Å². The maximum Gasteiger partial charge on any atom is 0.356 e. The molecule has 5 heteroatoms. The zero-order chi connectivity index (χ0) is 11.4. The molecule has 0 radical (unpaired) electrons. The van der Waals surface area contributed by atoms with Gasteiger partial charge >= 0.3 is 5.97 Å². The van der Waals surface area contributed by atoms with Gasteiger partial charge in [-0.25, -0.2) is 4.79 Å². The van der Waals surface area contributed by atoms with Crippen molar-refractivity contribution in [3.8, 4) is 0 Å². The smallest absolute Gasteiger partial charge is 0.356 e. The molecule has 15 heavy (non-hydrogen) atoms. The lowest BCUT2D eigenvalue weighted by Gasteiger charge is -2.13. The van der Waals surface area contributed by atoms with E-state index in [2.05, 4.69) is 31.0 Å². The molecular weight excluding hydrogens is 212 g/mol. The molecule has 0 aliphatic heterocycles. The van der Waals surface area contributed by atoms with Gasteiger partial charge in [0, 0.05) is 5.25 Å². The Kier molecular flexibility index (Phi) is 4.08. The van der Waals surface area contributed by atoms with E-state index in [1.54, 1.807) is 17.8 Å². The molecule has 0 spiro atoms. The molecule has 1 rings (SSSR count). The van der Waals surface area contributed by atoms with Gasteiger partial charge in [-0.3, -0.25) is 0 Å². The lowest BCUT2D eigenvalue weighted by atomic mass is 10.2. The Hall–Kier alpha value is -1.10. The van der Waals surface area contributed by atoms with Crippen molar-refractivity contribution in [2.24, 2.45) is 5.92 Å². The summed E-state index contributed by atoms with van der Waals surface area (Å²) in [5.74, 6) is -0.494. The highest BCUT2D eigenvalue weighted by Crippen LogP contribution is 2.25. The minimum Gasteiger partial charge on any atom is -0.476 e. The van der Waals surface area contributed by atoms with Crippen molar-refractivity contribution >= 4 is 17.7 Å². The van der Waals surface area contributed by atoms with Crippen LogP contribution in [0, 0.1) is 5.92 Å². The van der Waals surface area contributed by atoms with Crippen LogP contribution in [0.15, 0.2) is 17.2 Å². The Morgan fingerprint density at radius 1 is 1.33 bits per heavy atom. The molecule has 0 saturated heterocycles. The Bertz CT molecular complexity index is 338. The summed E-state index contributed by atoms with van der Waals surface area (Å²) in [5.41, 5.74) is -0.0171. The fraction of sp³-hybridized carbons (Fsp3) is 0.500. The van der Waals surface area contributed by atoms with Gasteiger partial charge in [-0.2, -0.15) is 0 Å². The quantitative estimate of drug-likeness (QED) is 0.798. The average molecular weight is 226 g/mol. The molecule has 4 nitrogen and oxygen atoms in total. The first-order chi connectivity index (χ1) is 7.00. The summed E-state index contributed by atoms with van der Waals surface area (Å²) >= 11 is 1.61. The second kappa shape index (κ2) is 5.11. The Balaban J connectivity index is 2.68. The molecule has 82 valence electrons. The fourth-order valence-electron chi connectivity index (χ4n) is 0.823. The largest absolute Gasteiger partial charge is 0.476 e. The summed E-state index contributed by atoms with van der Waals surface area (Å²) < 4.78 is 0. The van der Waals surface area contributed by atoms with Gasteiger partial charge in [0.15, 0.2) is 5.69 Å². The van der Waals surface area contributed by atoms with Crippen LogP contribution in [0.3, 0.4) is 0 Å². The van der Waals surface area contributed by atoms with Gasteiger partial charge in [0.2, 0.25) is 0 Å². The van der Waals surface area contributed by atoms with Crippen LogP contribution in [0.25, 0.3) is 0 Å². The SMILES string of the molecule is CC(C)C(C)Sc1ccc(C(=O)O)nn1. The van der Waals surface area contributed by atoms with Crippen LogP contribution in [0.1, 0.15) is 31.3 Å². The summed E-state index contributed by atoms with van der Waals surface area (Å²) in [5, 5.41) is 17.3. The maximum atomic E-state index is 10.5. The topological polar surface area (TPSA) is 63.1 Å². The second-order valence-corrected chi connectivity index (χ2v) is 5.03. The highest BCUT2D eigenvalue weighted by atomic mass is 32.2. The third-order valence-corrected chi connectivity index (χ3v) is 3.48. The van der Waals surface area contributed by atoms with Crippen LogP contribution < -0.4 is 0 Å². The van der Waals surface area contributed by atoms with E-state index < -0.39 is 5.97 Å². The predicted molar refractivity (Wildman–Crippen MR) is 59.1 cm³/mol. The number of rotatable bonds is 4. The van der Waals surface area contributed by atoms with Gasteiger partial charge in [-0.1, -0.05) is 20.8 Å². The molecule has 1 heterocycles. The molecule has 1 unspecified atom stereocenters. The number of carboxylic acid groups (broad SMARTS) is 1. The van der Waals surface area contributed by atoms with Crippen molar-refractivity contribution in [2.75, 3.05) is 0 Å². The van der Waals surface area contributed by atoms with Crippen molar-refractivity contribution in [3.63, 3.8) is 0 Å². The molecule has 1 aromatic rings. The van der Waals surface area contributed by atoms with E-state index in [0.29, 0.717) is 11.2 Å². The molecule has 0 fully saturated rings. The number of aromatic nitrogens is 2. The third-order valence-electron chi connectivity index (χ3n) is 2.10. The van der Waals surface area contributed by atoms with Crippen LogP contribution in [0.5, 0.6) is 0 Å². The van der Waals surface area contributed by atoms with Crippen molar-refractivity contribution in [1.29, 1.82) is 0 Å². The molecule has 1 N–H and O–H groups in total. The summed E-state index contributed by atoms with van der Waals surface area (Å²) in [6.45, 7) is 6.38. The van der Waals surface area contributed by atoms with E-state index in [-0.39, 0.29) is 5.69 Å². The third kappa shape index (κ3) is 3.51. The highest BCUT2D eigenvalue weighted by Gasteiger charge is 2.11. The first kappa shape index (κ1) is 12.0. The van der Waals surface area contributed by atoms with E-state index in [4.69, 9.17) is 5.11 Å². The second-order valence-electron chi connectivity index (χ2n) is 3.63. The monoisotopic (exact) mass is 226 g/mol. The van der Waals surface area contributed by atoms with Gasteiger partial charge in [-0.15, -0.1) is 22.0 Å². The Morgan fingerprint density at radius 3 is 2.40 bits per heavy atom. The van der Waals surface area contributed by atoms with Gasteiger partial charge < -0.3 is 5.11 Å². The highest BCUT2D eigenvalue weighted by molar-refractivity contribution is 7.99. The first-order valence-corrected chi connectivity index (χ1v) is 5.62.